The molecule has 0 unspecified atom stereocenters. The SMILES string of the molecule is COc1cc(-c2cn(C)c(=O)c3cnccc23)cc(OC)c1CN1CCN(CCOCCOCCOCCOCC(=O)NCc2ccc(S(=O)(=O)Nc3cccc4c(Cl)c[nH]c34)cc2)CC1. The van der Waals surface area contributed by atoms with Crippen molar-refractivity contribution in [2.45, 2.75) is 18.0 Å². The second-order valence-corrected chi connectivity index (χ2v) is 17.7. The molecule has 6 aromatic rings. The predicted octanol–water partition coefficient (Wildman–Crippen LogP) is 5.05. The van der Waals surface area contributed by atoms with Crippen LogP contribution in [0.2, 0.25) is 5.02 Å². The maximum atomic E-state index is 13.0. The van der Waals surface area contributed by atoms with Crippen molar-refractivity contribution in [2.75, 3.05) is 105 Å². The number of para-hydroxylation sites is 1. The van der Waals surface area contributed by atoms with Crippen molar-refractivity contribution in [2.24, 2.45) is 7.05 Å². The highest BCUT2D eigenvalue weighted by Crippen LogP contribution is 2.38. The van der Waals surface area contributed by atoms with E-state index < -0.39 is 10.0 Å². The number of halogens is 1. The lowest BCUT2D eigenvalue weighted by Crippen LogP contribution is -2.46. The van der Waals surface area contributed by atoms with Gasteiger partial charge in [-0.05, 0) is 52.9 Å². The van der Waals surface area contributed by atoms with E-state index in [-0.39, 0.29) is 36.1 Å². The number of amides is 1. The van der Waals surface area contributed by atoms with E-state index in [9.17, 15) is 18.0 Å². The molecule has 0 aliphatic carbocycles. The molecule has 1 fully saturated rings. The van der Waals surface area contributed by atoms with E-state index in [4.69, 9.17) is 40.0 Å². The third-order valence-electron chi connectivity index (χ3n) is 11.3. The number of nitrogens with one attached hydrogen (secondary N) is 3. The van der Waals surface area contributed by atoms with Crippen LogP contribution < -0.4 is 25.1 Å². The van der Waals surface area contributed by atoms with Crippen LogP contribution in [0.25, 0.3) is 32.8 Å². The van der Waals surface area contributed by atoms with E-state index in [0.29, 0.717) is 73.2 Å². The van der Waals surface area contributed by atoms with Gasteiger partial charge in [0.1, 0.15) is 18.1 Å². The Hall–Kier alpha value is -5.57. The fraction of sp³-hybridized carbons (Fsp3) is 0.383. The first-order valence-corrected chi connectivity index (χ1v) is 23.5. The summed E-state index contributed by atoms with van der Waals surface area (Å²) >= 11 is 6.17. The lowest BCUT2D eigenvalue weighted by molar-refractivity contribution is -0.126. The molecule has 1 aliphatic heterocycles. The largest absolute Gasteiger partial charge is 0.496 e. The molecule has 0 spiro atoms. The smallest absolute Gasteiger partial charge is 0.261 e. The Labute approximate surface area is 388 Å². The molecule has 66 heavy (non-hydrogen) atoms. The molecule has 0 bridgehead atoms. The first-order valence-electron chi connectivity index (χ1n) is 21.6. The lowest BCUT2D eigenvalue weighted by atomic mass is 9.99. The number of piperazine rings is 1. The summed E-state index contributed by atoms with van der Waals surface area (Å²) in [5.74, 6) is 1.17. The number of anilines is 1. The molecule has 0 atom stereocenters. The Kier molecular flexibility index (Phi) is 17.0. The molecule has 3 N–H and O–H groups in total. The Morgan fingerprint density at radius 3 is 2.15 bits per heavy atom. The number of nitrogens with zero attached hydrogens (tertiary/aromatic N) is 4. The molecule has 0 radical (unpaired) electrons. The highest BCUT2D eigenvalue weighted by Gasteiger charge is 2.23. The second-order valence-electron chi connectivity index (χ2n) is 15.6. The molecule has 19 heteroatoms. The van der Waals surface area contributed by atoms with Crippen LogP contribution in [0.4, 0.5) is 5.69 Å². The molecule has 7 rings (SSSR count). The van der Waals surface area contributed by atoms with Gasteiger partial charge in [0, 0.05) is 88.6 Å². The van der Waals surface area contributed by atoms with Crippen LogP contribution >= 0.6 is 11.6 Å². The molecule has 1 amide bonds. The zero-order valence-electron chi connectivity index (χ0n) is 37.3. The predicted molar refractivity (Wildman–Crippen MR) is 253 cm³/mol. The van der Waals surface area contributed by atoms with Gasteiger partial charge < -0.3 is 43.3 Å². The first kappa shape index (κ1) is 48.4. The zero-order valence-corrected chi connectivity index (χ0v) is 38.9. The van der Waals surface area contributed by atoms with Gasteiger partial charge in [0.15, 0.2) is 0 Å². The van der Waals surface area contributed by atoms with Gasteiger partial charge in [-0.25, -0.2) is 8.42 Å². The van der Waals surface area contributed by atoms with Crippen LogP contribution in [0.15, 0.2) is 95.1 Å². The minimum atomic E-state index is -3.86. The molecule has 1 saturated heterocycles. The summed E-state index contributed by atoms with van der Waals surface area (Å²) < 4.78 is 64.4. The maximum absolute atomic E-state index is 13.0. The van der Waals surface area contributed by atoms with E-state index >= 15 is 0 Å². The summed E-state index contributed by atoms with van der Waals surface area (Å²) in [5, 5.41) is 5.37. The fourth-order valence-corrected chi connectivity index (χ4v) is 8.98. The van der Waals surface area contributed by atoms with Crippen molar-refractivity contribution in [1.29, 1.82) is 0 Å². The third kappa shape index (κ3) is 12.4. The normalized spacial score (nSPS) is 13.6. The average Bonchev–Trinajstić information content (AvgIpc) is 3.72. The molecule has 17 nitrogen and oxygen atoms in total. The minimum absolute atomic E-state index is 0.0850. The summed E-state index contributed by atoms with van der Waals surface area (Å²) in [5.41, 5.74) is 4.40. The number of carbonyl (C=O) groups excluding carboxylic acids is 1. The van der Waals surface area contributed by atoms with Crippen molar-refractivity contribution in [3.8, 4) is 22.6 Å². The van der Waals surface area contributed by atoms with E-state index in [1.165, 1.54) is 12.1 Å². The molecule has 3 aromatic carbocycles. The van der Waals surface area contributed by atoms with E-state index in [2.05, 4.69) is 29.8 Å². The quantitative estimate of drug-likeness (QED) is 0.0685. The number of methoxy groups -OCH3 is 2. The van der Waals surface area contributed by atoms with Crippen molar-refractivity contribution >= 4 is 54.9 Å². The van der Waals surface area contributed by atoms with Gasteiger partial charge in [0.05, 0.1) is 92.5 Å². The number of aromatic amines is 1. The van der Waals surface area contributed by atoms with Crippen molar-refractivity contribution in [3.63, 3.8) is 0 Å². The number of carbonyl (C=O) groups is 1. The molecule has 4 heterocycles. The summed E-state index contributed by atoms with van der Waals surface area (Å²) in [7, 11) is 1.22. The second kappa shape index (κ2) is 23.2. The Morgan fingerprint density at radius 2 is 1.47 bits per heavy atom. The average molecular weight is 947 g/mol. The summed E-state index contributed by atoms with van der Waals surface area (Å²) in [6, 6.07) is 17.3. The molecule has 352 valence electrons. The number of aryl methyl sites for hydroxylation is 1. The number of benzene rings is 3. The van der Waals surface area contributed by atoms with Gasteiger partial charge >= 0.3 is 0 Å². The molecule has 1 aliphatic rings. The van der Waals surface area contributed by atoms with Crippen LogP contribution in [-0.2, 0) is 53.9 Å². The Bertz CT molecular complexity index is 2720. The van der Waals surface area contributed by atoms with Gasteiger partial charge in [-0.15, -0.1) is 0 Å². The van der Waals surface area contributed by atoms with Crippen molar-refractivity contribution < 1.29 is 41.6 Å². The topological polar surface area (TPSA) is 188 Å². The van der Waals surface area contributed by atoms with Gasteiger partial charge in [0.25, 0.3) is 15.6 Å². The number of rotatable bonds is 24. The zero-order chi connectivity index (χ0) is 46.5. The number of aromatic nitrogens is 3. The van der Waals surface area contributed by atoms with Crippen LogP contribution in [0.1, 0.15) is 11.1 Å². The van der Waals surface area contributed by atoms with E-state index in [1.54, 1.807) is 74.8 Å². The number of fused-ring (bicyclic) bond motifs is 2. The monoisotopic (exact) mass is 945 g/mol. The van der Waals surface area contributed by atoms with Gasteiger partial charge in [0.2, 0.25) is 5.91 Å². The number of ether oxygens (including phenoxy) is 6. The van der Waals surface area contributed by atoms with Crippen LogP contribution in [0.3, 0.4) is 0 Å². The Balaban J connectivity index is 0.703. The maximum Gasteiger partial charge on any atom is 0.261 e. The molecule has 0 saturated carbocycles. The van der Waals surface area contributed by atoms with Gasteiger partial charge in [-0.1, -0.05) is 35.9 Å². The number of H-pyrrole nitrogens is 1. The fourth-order valence-electron chi connectivity index (χ4n) is 7.70. The van der Waals surface area contributed by atoms with Crippen LogP contribution in [0, 0.1) is 0 Å². The number of sulfonamides is 1. The molecule has 3 aromatic heterocycles. The first-order chi connectivity index (χ1) is 32.0. The molecular weight excluding hydrogens is 890 g/mol. The number of hydrogen-bond acceptors (Lipinski definition) is 13. The van der Waals surface area contributed by atoms with Crippen molar-refractivity contribution in [1.82, 2.24) is 29.7 Å². The molecular formula is C47H56ClN7O10S. The minimum Gasteiger partial charge on any atom is -0.496 e. The Morgan fingerprint density at radius 1 is 0.818 bits per heavy atom. The van der Waals surface area contributed by atoms with Crippen LogP contribution in [-0.4, -0.2) is 138 Å². The highest BCUT2D eigenvalue weighted by molar-refractivity contribution is 7.92. The van der Waals surface area contributed by atoms with Gasteiger partial charge in [-0.3, -0.25) is 29.1 Å². The van der Waals surface area contributed by atoms with Crippen molar-refractivity contribution in [3.05, 3.63) is 112 Å². The van der Waals surface area contributed by atoms with Gasteiger partial charge in [-0.2, -0.15) is 0 Å². The summed E-state index contributed by atoms with van der Waals surface area (Å²) in [4.78, 5) is 37.1. The van der Waals surface area contributed by atoms with E-state index in [1.807, 2.05) is 24.4 Å². The summed E-state index contributed by atoms with van der Waals surface area (Å²) in [6.07, 6.45) is 6.75. The lowest BCUT2D eigenvalue weighted by Gasteiger charge is -2.35. The standard InChI is InChI=1S/C47H56ClN7O10S/c1-53-30-39(36-11-12-49-28-38(36)47(53)57)34-25-43(60-2)40(44(26-34)61-3)31-55-15-13-54(14-16-55)17-18-62-19-20-63-21-22-64-23-24-65-32-45(56)50-27-33-7-9-35(10-8-33)66(58,59)52-42-6-4-5-37-41(48)29-51-46(37)42/h4-12,25-26,28-30,51-52H,13-24,27,31-32H2,1-3H3,(H,50,56). The van der Waals surface area contributed by atoms with E-state index in [0.717, 1.165) is 71.9 Å². The number of pyridine rings is 2. The third-order valence-corrected chi connectivity index (χ3v) is 13.0. The number of hydrogen-bond donors (Lipinski definition) is 3. The highest BCUT2D eigenvalue weighted by atomic mass is 35.5. The summed E-state index contributed by atoms with van der Waals surface area (Å²) in [6.45, 7) is 8.16. The van der Waals surface area contributed by atoms with Crippen LogP contribution in [0.5, 0.6) is 11.5 Å².